The number of fused-ring (bicyclic) bond motifs is 2. The predicted molar refractivity (Wildman–Crippen MR) is 114 cm³/mol. The van der Waals surface area contributed by atoms with Gasteiger partial charge < -0.3 is 14.2 Å². The molecule has 0 unspecified atom stereocenters. The number of halogens is 1. The van der Waals surface area contributed by atoms with Crippen LogP contribution in [0.25, 0.3) is 11.4 Å². The monoisotopic (exact) mass is 472 g/mol. The van der Waals surface area contributed by atoms with Gasteiger partial charge in [-0.05, 0) is 12.1 Å². The SMILES string of the molecule is COC(=O)CSc1nc(-c2ccccc2)nc2c1Cc1cc(Br)cc(OC)c1O2. The van der Waals surface area contributed by atoms with Crippen LogP contribution in [-0.2, 0) is 16.0 Å². The van der Waals surface area contributed by atoms with Crippen molar-refractivity contribution in [3.05, 3.63) is 58.1 Å². The Bertz CT molecular complexity index is 1080. The summed E-state index contributed by atoms with van der Waals surface area (Å²) in [6.45, 7) is 0. The molecule has 2 aromatic carbocycles. The van der Waals surface area contributed by atoms with Crippen molar-refractivity contribution in [2.24, 2.45) is 0 Å². The van der Waals surface area contributed by atoms with Gasteiger partial charge in [-0.15, -0.1) is 0 Å². The fraction of sp³-hybridized carbons (Fsp3) is 0.190. The first-order valence-electron chi connectivity index (χ1n) is 8.79. The number of carbonyl (C=O) groups is 1. The zero-order valence-corrected chi connectivity index (χ0v) is 18.2. The van der Waals surface area contributed by atoms with E-state index in [0.29, 0.717) is 34.7 Å². The lowest BCUT2D eigenvalue weighted by Crippen LogP contribution is -2.11. The molecule has 0 spiro atoms. The maximum atomic E-state index is 11.7. The molecule has 0 aliphatic carbocycles. The van der Waals surface area contributed by atoms with Gasteiger partial charge in [-0.2, -0.15) is 4.98 Å². The molecule has 0 fully saturated rings. The van der Waals surface area contributed by atoms with Gasteiger partial charge in [0, 0.05) is 22.0 Å². The number of benzene rings is 2. The Morgan fingerprint density at radius 2 is 2.00 bits per heavy atom. The first-order chi connectivity index (χ1) is 14.1. The number of rotatable bonds is 5. The summed E-state index contributed by atoms with van der Waals surface area (Å²) in [5.41, 5.74) is 2.67. The summed E-state index contributed by atoms with van der Waals surface area (Å²) in [6, 6.07) is 13.5. The Labute approximate surface area is 180 Å². The quantitative estimate of drug-likeness (QED) is 0.233. The van der Waals surface area contributed by atoms with Crippen LogP contribution in [0.5, 0.6) is 17.4 Å². The molecule has 148 valence electrons. The molecule has 0 saturated heterocycles. The first-order valence-corrected chi connectivity index (χ1v) is 10.6. The summed E-state index contributed by atoms with van der Waals surface area (Å²) in [7, 11) is 2.98. The van der Waals surface area contributed by atoms with Crippen molar-refractivity contribution in [3.63, 3.8) is 0 Å². The number of thioether (sulfide) groups is 1. The van der Waals surface area contributed by atoms with E-state index in [1.54, 1.807) is 7.11 Å². The van der Waals surface area contributed by atoms with Crippen LogP contribution < -0.4 is 9.47 Å². The summed E-state index contributed by atoms with van der Waals surface area (Å²) in [5.74, 6) is 2.12. The van der Waals surface area contributed by atoms with E-state index >= 15 is 0 Å². The van der Waals surface area contributed by atoms with E-state index in [-0.39, 0.29) is 11.7 Å². The van der Waals surface area contributed by atoms with E-state index in [9.17, 15) is 4.79 Å². The third-order valence-electron chi connectivity index (χ3n) is 4.40. The molecule has 1 aliphatic heterocycles. The fourth-order valence-corrected chi connectivity index (χ4v) is 4.35. The van der Waals surface area contributed by atoms with E-state index in [1.807, 2.05) is 42.5 Å². The first kappa shape index (κ1) is 19.7. The van der Waals surface area contributed by atoms with Gasteiger partial charge in [-0.25, -0.2) is 4.98 Å². The van der Waals surface area contributed by atoms with Crippen molar-refractivity contribution in [3.8, 4) is 28.8 Å². The van der Waals surface area contributed by atoms with Crippen molar-refractivity contribution >= 4 is 33.7 Å². The number of esters is 1. The Morgan fingerprint density at radius 1 is 1.21 bits per heavy atom. The molecule has 0 atom stereocenters. The van der Waals surface area contributed by atoms with Crippen molar-refractivity contribution < 1.29 is 19.0 Å². The van der Waals surface area contributed by atoms with Crippen LogP contribution in [0.3, 0.4) is 0 Å². The lowest BCUT2D eigenvalue weighted by Gasteiger charge is -2.23. The van der Waals surface area contributed by atoms with Crippen LogP contribution in [0, 0.1) is 0 Å². The third-order valence-corrected chi connectivity index (χ3v) is 5.85. The van der Waals surface area contributed by atoms with Gasteiger partial charge >= 0.3 is 5.97 Å². The highest BCUT2D eigenvalue weighted by atomic mass is 79.9. The van der Waals surface area contributed by atoms with Crippen molar-refractivity contribution in [1.29, 1.82) is 0 Å². The van der Waals surface area contributed by atoms with E-state index in [0.717, 1.165) is 21.2 Å². The van der Waals surface area contributed by atoms with Crippen LogP contribution in [-0.4, -0.2) is 35.9 Å². The van der Waals surface area contributed by atoms with Crippen LogP contribution in [0.2, 0.25) is 0 Å². The summed E-state index contributed by atoms with van der Waals surface area (Å²) < 4.78 is 17.3. The van der Waals surface area contributed by atoms with E-state index in [2.05, 4.69) is 20.9 Å². The molecule has 1 aromatic heterocycles. The molecule has 0 bridgehead atoms. The topological polar surface area (TPSA) is 70.5 Å². The van der Waals surface area contributed by atoms with Crippen LogP contribution in [0.4, 0.5) is 0 Å². The van der Waals surface area contributed by atoms with Gasteiger partial charge in [-0.1, -0.05) is 58.0 Å². The maximum absolute atomic E-state index is 11.7. The second kappa shape index (κ2) is 8.42. The molecule has 4 rings (SSSR count). The lowest BCUT2D eigenvalue weighted by molar-refractivity contribution is -0.137. The highest BCUT2D eigenvalue weighted by Crippen LogP contribution is 2.45. The molecule has 8 heteroatoms. The number of hydrogen-bond acceptors (Lipinski definition) is 7. The lowest BCUT2D eigenvalue weighted by atomic mass is 10.0. The van der Waals surface area contributed by atoms with Crippen LogP contribution >= 0.6 is 27.7 Å². The van der Waals surface area contributed by atoms with Gasteiger partial charge in [0.1, 0.15) is 5.03 Å². The molecule has 2 heterocycles. The van der Waals surface area contributed by atoms with Gasteiger partial charge in [0.15, 0.2) is 17.3 Å². The van der Waals surface area contributed by atoms with Crippen molar-refractivity contribution in [2.75, 3.05) is 20.0 Å². The number of ether oxygens (including phenoxy) is 3. The molecule has 0 N–H and O–H groups in total. The number of carbonyl (C=O) groups excluding carboxylic acids is 1. The van der Waals surface area contributed by atoms with Crippen LogP contribution in [0.15, 0.2) is 52.0 Å². The molecule has 1 aliphatic rings. The standard InChI is InChI=1S/C21H17BrN2O4S/c1-26-16-10-14(22)8-13-9-15-20(28-18(13)16)23-19(12-6-4-3-5-7-12)24-21(15)29-11-17(25)27-2/h3-8,10H,9,11H2,1-2H3. The largest absolute Gasteiger partial charge is 0.493 e. The summed E-state index contributed by atoms with van der Waals surface area (Å²) in [6.07, 6.45) is 0.568. The second-order valence-electron chi connectivity index (χ2n) is 6.24. The molecule has 0 saturated carbocycles. The maximum Gasteiger partial charge on any atom is 0.316 e. The number of aromatic nitrogens is 2. The fourth-order valence-electron chi connectivity index (χ4n) is 3.01. The summed E-state index contributed by atoms with van der Waals surface area (Å²) in [4.78, 5) is 21.1. The second-order valence-corrected chi connectivity index (χ2v) is 8.12. The summed E-state index contributed by atoms with van der Waals surface area (Å²) in [5, 5.41) is 0.698. The highest BCUT2D eigenvalue weighted by molar-refractivity contribution is 9.10. The molecule has 0 amide bonds. The molecule has 29 heavy (non-hydrogen) atoms. The number of nitrogens with zero attached hydrogens (tertiary/aromatic N) is 2. The number of methoxy groups -OCH3 is 2. The van der Waals surface area contributed by atoms with Gasteiger partial charge in [0.25, 0.3) is 0 Å². The highest BCUT2D eigenvalue weighted by Gasteiger charge is 2.27. The molecule has 6 nitrogen and oxygen atoms in total. The van der Waals surface area contributed by atoms with E-state index in [4.69, 9.17) is 19.2 Å². The minimum Gasteiger partial charge on any atom is -0.493 e. The average molecular weight is 473 g/mol. The minimum atomic E-state index is -0.315. The van der Waals surface area contributed by atoms with E-state index in [1.165, 1.54) is 18.9 Å². The average Bonchev–Trinajstić information content (AvgIpc) is 2.75. The van der Waals surface area contributed by atoms with Crippen molar-refractivity contribution in [2.45, 2.75) is 11.4 Å². The zero-order chi connectivity index (χ0) is 20.4. The normalized spacial score (nSPS) is 11.8. The minimum absolute atomic E-state index is 0.156. The molecule has 0 radical (unpaired) electrons. The van der Waals surface area contributed by atoms with Gasteiger partial charge in [0.05, 0.1) is 25.5 Å². The smallest absolute Gasteiger partial charge is 0.316 e. The predicted octanol–water partition coefficient (Wildman–Crippen LogP) is 4.88. The van der Waals surface area contributed by atoms with Gasteiger partial charge in [0.2, 0.25) is 5.88 Å². The Morgan fingerprint density at radius 3 is 2.72 bits per heavy atom. The number of hydrogen-bond donors (Lipinski definition) is 0. The Kier molecular flexibility index (Phi) is 5.73. The molecule has 3 aromatic rings. The summed E-state index contributed by atoms with van der Waals surface area (Å²) >= 11 is 4.83. The molecular formula is C21H17BrN2O4S. The van der Waals surface area contributed by atoms with Crippen LogP contribution in [0.1, 0.15) is 11.1 Å². The Hall–Kier alpha value is -2.58. The van der Waals surface area contributed by atoms with Gasteiger partial charge in [-0.3, -0.25) is 4.79 Å². The van der Waals surface area contributed by atoms with Crippen molar-refractivity contribution in [1.82, 2.24) is 9.97 Å². The Balaban J connectivity index is 1.81. The molecular weight excluding hydrogens is 456 g/mol. The third kappa shape index (κ3) is 4.09. The zero-order valence-electron chi connectivity index (χ0n) is 15.8. The van der Waals surface area contributed by atoms with E-state index < -0.39 is 0 Å².